The molecule has 2 aromatic carbocycles. The van der Waals surface area contributed by atoms with Crippen molar-refractivity contribution in [3.63, 3.8) is 0 Å². The Kier molecular flexibility index (Phi) is 4.54. The van der Waals surface area contributed by atoms with Gasteiger partial charge in [-0.3, -0.25) is 10.8 Å². The molecule has 0 amide bonds. The molecule has 0 fully saturated rings. The lowest BCUT2D eigenvalue weighted by Gasteiger charge is -2.19. The summed E-state index contributed by atoms with van der Waals surface area (Å²) in [7, 11) is 0. The summed E-state index contributed by atoms with van der Waals surface area (Å²) in [5.41, 5.74) is 6.08. The highest BCUT2D eigenvalue weighted by molar-refractivity contribution is 14.1. The molecule has 3 nitrogen and oxygen atoms in total. The first kappa shape index (κ1) is 14.9. The van der Waals surface area contributed by atoms with E-state index in [4.69, 9.17) is 5.84 Å². The number of nitrogens with one attached hydrogen (secondary N) is 1. The van der Waals surface area contributed by atoms with Gasteiger partial charge in [0, 0.05) is 19.6 Å². The number of fused-ring (bicyclic) bond motifs is 1. The quantitative estimate of drug-likeness (QED) is 0.355. The lowest BCUT2D eigenvalue weighted by molar-refractivity contribution is 0.635. The van der Waals surface area contributed by atoms with E-state index in [-0.39, 0.29) is 6.04 Å². The zero-order valence-electron chi connectivity index (χ0n) is 11.1. The average molecular weight is 454 g/mol. The Balaban J connectivity index is 2.11. The Morgan fingerprint density at radius 2 is 2.00 bits per heavy atom. The van der Waals surface area contributed by atoms with Crippen LogP contribution in [0, 0.1) is 3.57 Å². The highest BCUT2D eigenvalue weighted by Gasteiger charge is 2.16. The van der Waals surface area contributed by atoms with Crippen molar-refractivity contribution in [2.75, 3.05) is 0 Å². The number of benzene rings is 2. The van der Waals surface area contributed by atoms with Crippen LogP contribution < -0.4 is 11.3 Å². The Hall–Kier alpha value is -1.02. The molecule has 1 heterocycles. The van der Waals surface area contributed by atoms with E-state index in [9.17, 15) is 0 Å². The molecule has 21 heavy (non-hydrogen) atoms. The minimum absolute atomic E-state index is 0.0829. The van der Waals surface area contributed by atoms with Crippen molar-refractivity contribution in [3.05, 3.63) is 73.9 Å². The molecule has 0 aliphatic carbocycles. The Bertz CT molecular complexity index is 791. The van der Waals surface area contributed by atoms with Crippen LogP contribution >= 0.6 is 38.5 Å². The van der Waals surface area contributed by atoms with Gasteiger partial charge in [0.2, 0.25) is 0 Å². The third kappa shape index (κ3) is 3.11. The fourth-order valence-electron chi connectivity index (χ4n) is 2.36. The SMILES string of the molecule is NNC(c1ccc2cccnc2c1)c1cc(I)ccc1Br. The molecule has 106 valence electrons. The van der Waals surface area contributed by atoms with Crippen LogP contribution in [0.5, 0.6) is 0 Å². The highest BCUT2D eigenvalue weighted by Crippen LogP contribution is 2.30. The molecule has 1 atom stereocenters. The summed E-state index contributed by atoms with van der Waals surface area (Å²) in [5.74, 6) is 5.81. The molecule has 3 aromatic rings. The fourth-order valence-corrected chi connectivity index (χ4v) is 3.36. The van der Waals surface area contributed by atoms with Crippen molar-refractivity contribution in [3.8, 4) is 0 Å². The molecule has 1 aromatic heterocycles. The van der Waals surface area contributed by atoms with Crippen molar-refractivity contribution in [1.29, 1.82) is 0 Å². The number of halogens is 2. The van der Waals surface area contributed by atoms with Crippen LogP contribution in [0.15, 0.2) is 59.2 Å². The first-order chi connectivity index (χ1) is 10.2. The van der Waals surface area contributed by atoms with Gasteiger partial charge in [-0.25, -0.2) is 5.43 Å². The van der Waals surface area contributed by atoms with Gasteiger partial charge in [0.1, 0.15) is 0 Å². The van der Waals surface area contributed by atoms with Gasteiger partial charge in [-0.05, 0) is 64.0 Å². The van der Waals surface area contributed by atoms with Crippen LogP contribution in [0.4, 0.5) is 0 Å². The van der Waals surface area contributed by atoms with Crippen molar-refractivity contribution >= 4 is 49.4 Å². The fraction of sp³-hybridized carbons (Fsp3) is 0.0625. The first-order valence-corrected chi connectivity index (χ1v) is 8.32. The molecule has 1 unspecified atom stereocenters. The van der Waals surface area contributed by atoms with Crippen LogP contribution in [0.3, 0.4) is 0 Å². The van der Waals surface area contributed by atoms with E-state index >= 15 is 0 Å². The van der Waals surface area contributed by atoms with E-state index in [1.807, 2.05) is 12.1 Å². The van der Waals surface area contributed by atoms with Crippen LogP contribution in [0.1, 0.15) is 17.2 Å². The second-order valence-corrected chi connectivity index (χ2v) is 6.82. The number of rotatable bonds is 3. The number of hydrogen-bond acceptors (Lipinski definition) is 3. The smallest absolute Gasteiger partial charge is 0.0722 e. The van der Waals surface area contributed by atoms with Crippen LogP contribution in [-0.4, -0.2) is 4.98 Å². The van der Waals surface area contributed by atoms with E-state index in [0.29, 0.717) is 0 Å². The van der Waals surface area contributed by atoms with E-state index < -0.39 is 0 Å². The van der Waals surface area contributed by atoms with Crippen LogP contribution in [-0.2, 0) is 0 Å². The molecule has 0 radical (unpaired) electrons. The van der Waals surface area contributed by atoms with Gasteiger partial charge >= 0.3 is 0 Å². The molecule has 0 spiro atoms. The molecular weight excluding hydrogens is 441 g/mol. The van der Waals surface area contributed by atoms with Crippen molar-refractivity contribution in [2.45, 2.75) is 6.04 Å². The molecular formula is C16H13BrIN3. The van der Waals surface area contributed by atoms with E-state index in [1.165, 1.54) is 3.57 Å². The number of nitrogens with two attached hydrogens (primary N) is 1. The molecule has 0 aliphatic rings. The number of aromatic nitrogens is 1. The second-order valence-electron chi connectivity index (χ2n) is 4.72. The van der Waals surface area contributed by atoms with Crippen molar-refractivity contribution < 1.29 is 0 Å². The Morgan fingerprint density at radius 1 is 1.14 bits per heavy atom. The number of nitrogens with zero attached hydrogens (tertiary/aromatic N) is 1. The molecule has 0 bridgehead atoms. The summed E-state index contributed by atoms with van der Waals surface area (Å²) in [4.78, 5) is 4.41. The Morgan fingerprint density at radius 3 is 2.81 bits per heavy atom. The summed E-state index contributed by atoms with van der Waals surface area (Å²) >= 11 is 5.91. The molecule has 3 N–H and O–H groups in total. The van der Waals surface area contributed by atoms with Crippen molar-refractivity contribution in [2.24, 2.45) is 5.84 Å². The van der Waals surface area contributed by atoms with Gasteiger partial charge in [0.15, 0.2) is 0 Å². The van der Waals surface area contributed by atoms with Gasteiger partial charge in [-0.1, -0.05) is 34.1 Å². The molecule has 0 saturated heterocycles. The van der Waals surface area contributed by atoms with Gasteiger partial charge in [-0.15, -0.1) is 0 Å². The van der Waals surface area contributed by atoms with Crippen LogP contribution in [0.25, 0.3) is 10.9 Å². The minimum atomic E-state index is -0.0829. The minimum Gasteiger partial charge on any atom is -0.271 e. The third-order valence-electron chi connectivity index (χ3n) is 3.40. The maximum absolute atomic E-state index is 5.81. The number of pyridine rings is 1. The predicted molar refractivity (Wildman–Crippen MR) is 97.8 cm³/mol. The first-order valence-electron chi connectivity index (χ1n) is 6.45. The van der Waals surface area contributed by atoms with E-state index in [0.717, 1.165) is 26.5 Å². The highest BCUT2D eigenvalue weighted by atomic mass is 127. The zero-order chi connectivity index (χ0) is 14.8. The van der Waals surface area contributed by atoms with Gasteiger partial charge < -0.3 is 0 Å². The Labute approximate surface area is 145 Å². The summed E-state index contributed by atoms with van der Waals surface area (Å²) in [6.07, 6.45) is 1.80. The second kappa shape index (κ2) is 6.39. The standard InChI is InChI=1S/C16H13BrIN3/c17-14-6-5-12(18)9-13(14)16(21-19)11-4-3-10-2-1-7-20-15(10)8-11/h1-9,16,21H,19H2. The summed E-state index contributed by atoms with van der Waals surface area (Å²) in [5, 5.41) is 1.12. The van der Waals surface area contributed by atoms with Gasteiger partial charge in [-0.2, -0.15) is 0 Å². The maximum atomic E-state index is 5.81. The molecule has 0 saturated carbocycles. The molecule has 3 rings (SSSR count). The normalized spacial score (nSPS) is 12.5. The maximum Gasteiger partial charge on any atom is 0.0722 e. The monoisotopic (exact) mass is 453 g/mol. The largest absolute Gasteiger partial charge is 0.271 e. The summed E-state index contributed by atoms with van der Waals surface area (Å²) < 4.78 is 2.21. The lowest BCUT2D eigenvalue weighted by Crippen LogP contribution is -2.29. The topological polar surface area (TPSA) is 50.9 Å². The van der Waals surface area contributed by atoms with E-state index in [1.54, 1.807) is 6.20 Å². The third-order valence-corrected chi connectivity index (χ3v) is 4.79. The number of hydrazine groups is 1. The zero-order valence-corrected chi connectivity index (χ0v) is 14.8. The summed E-state index contributed by atoms with van der Waals surface area (Å²) in [6.45, 7) is 0. The predicted octanol–water partition coefficient (Wildman–Crippen LogP) is 4.15. The van der Waals surface area contributed by atoms with E-state index in [2.05, 4.69) is 85.3 Å². The average Bonchev–Trinajstić information content (AvgIpc) is 2.51. The van der Waals surface area contributed by atoms with Crippen molar-refractivity contribution in [1.82, 2.24) is 10.4 Å². The van der Waals surface area contributed by atoms with Crippen LogP contribution in [0.2, 0.25) is 0 Å². The molecule has 5 heteroatoms. The summed E-state index contributed by atoms with van der Waals surface area (Å²) in [6, 6.07) is 16.4. The van der Waals surface area contributed by atoms with Gasteiger partial charge in [0.05, 0.1) is 11.6 Å². The van der Waals surface area contributed by atoms with Gasteiger partial charge in [0.25, 0.3) is 0 Å². The molecule has 0 aliphatic heterocycles. The number of hydrogen-bond donors (Lipinski definition) is 2. The lowest BCUT2D eigenvalue weighted by atomic mass is 9.98.